The number of hydrogen-bond acceptors (Lipinski definition) is 4. The van der Waals surface area contributed by atoms with Crippen LogP contribution < -0.4 is 0 Å². The van der Waals surface area contributed by atoms with Crippen LogP contribution in [0.2, 0.25) is 0 Å². The zero-order valence-electron chi connectivity index (χ0n) is 13.0. The monoisotopic (exact) mass is 296 g/mol. The van der Waals surface area contributed by atoms with Gasteiger partial charge in [0, 0.05) is 51.9 Å². The zero-order valence-corrected chi connectivity index (χ0v) is 13.0. The number of hydrogen-bond donors (Lipinski definition) is 0. The van der Waals surface area contributed by atoms with Gasteiger partial charge in [-0.1, -0.05) is 0 Å². The lowest BCUT2D eigenvalue weighted by atomic mass is 9.96. The Kier molecular flexibility index (Phi) is 5.49. The second kappa shape index (κ2) is 7.56. The normalized spacial score (nSPS) is 29.5. The molecule has 0 bridgehead atoms. The highest BCUT2D eigenvalue weighted by atomic mass is 16.5. The van der Waals surface area contributed by atoms with Crippen molar-refractivity contribution in [2.45, 2.75) is 38.1 Å². The van der Waals surface area contributed by atoms with Crippen molar-refractivity contribution >= 4 is 5.91 Å². The van der Waals surface area contributed by atoms with Crippen LogP contribution in [-0.2, 0) is 14.3 Å². The number of piperidine rings is 1. The molecule has 3 aliphatic rings. The number of carbonyl (C=O) groups excluding carboxylic acids is 1. The number of nitrogens with zero attached hydrogens (tertiary/aromatic N) is 2. The summed E-state index contributed by atoms with van der Waals surface area (Å²) >= 11 is 0. The Labute approximate surface area is 127 Å². The molecule has 0 N–H and O–H groups in total. The number of likely N-dealkylation sites (tertiary alicyclic amines) is 1. The second-order valence-electron chi connectivity index (χ2n) is 6.55. The third-order valence-corrected chi connectivity index (χ3v) is 5.10. The first kappa shape index (κ1) is 15.3. The Morgan fingerprint density at radius 1 is 0.952 bits per heavy atom. The molecule has 0 radical (unpaired) electrons. The van der Waals surface area contributed by atoms with Crippen molar-refractivity contribution in [1.29, 1.82) is 0 Å². The average Bonchev–Trinajstić information content (AvgIpc) is 2.57. The Morgan fingerprint density at radius 2 is 1.71 bits per heavy atom. The van der Waals surface area contributed by atoms with E-state index in [1.165, 1.54) is 0 Å². The molecule has 1 amide bonds. The molecule has 1 atom stereocenters. The summed E-state index contributed by atoms with van der Waals surface area (Å²) in [7, 11) is 0. The van der Waals surface area contributed by atoms with Gasteiger partial charge in [-0.2, -0.15) is 0 Å². The molecule has 21 heavy (non-hydrogen) atoms. The molecule has 5 nitrogen and oxygen atoms in total. The minimum atomic E-state index is 0.339. The summed E-state index contributed by atoms with van der Waals surface area (Å²) in [6.07, 6.45) is 5.18. The number of morpholine rings is 1. The smallest absolute Gasteiger partial charge is 0.222 e. The lowest BCUT2D eigenvalue weighted by Gasteiger charge is -2.40. The van der Waals surface area contributed by atoms with Crippen LogP contribution in [0.5, 0.6) is 0 Å². The molecule has 3 fully saturated rings. The molecule has 3 heterocycles. The van der Waals surface area contributed by atoms with Crippen LogP contribution in [0.15, 0.2) is 0 Å². The van der Waals surface area contributed by atoms with Gasteiger partial charge in [0.15, 0.2) is 0 Å². The number of amides is 1. The lowest BCUT2D eigenvalue weighted by molar-refractivity contribution is -0.135. The first-order chi connectivity index (χ1) is 10.3. The second-order valence-corrected chi connectivity index (χ2v) is 6.55. The van der Waals surface area contributed by atoms with Crippen LogP contribution in [0, 0.1) is 5.92 Å². The van der Waals surface area contributed by atoms with Crippen molar-refractivity contribution in [2.75, 3.05) is 52.6 Å². The quantitative estimate of drug-likeness (QED) is 0.783. The third-order valence-electron chi connectivity index (χ3n) is 5.10. The van der Waals surface area contributed by atoms with Gasteiger partial charge >= 0.3 is 0 Å². The molecule has 3 aliphatic heterocycles. The Balaban J connectivity index is 1.40. The van der Waals surface area contributed by atoms with Crippen molar-refractivity contribution in [3.63, 3.8) is 0 Å². The Hall–Kier alpha value is -0.650. The van der Waals surface area contributed by atoms with E-state index in [-0.39, 0.29) is 0 Å². The maximum absolute atomic E-state index is 12.4. The van der Waals surface area contributed by atoms with E-state index in [2.05, 4.69) is 9.80 Å². The molecule has 0 aromatic heterocycles. The van der Waals surface area contributed by atoms with Crippen molar-refractivity contribution in [3.8, 4) is 0 Å². The highest BCUT2D eigenvalue weighted by Crippen LogP contribution is 2.22. The SMILES string of the molecule is O=C(C[C@H]1CCCOC1)N1CCC(N2CCOCC2)CC1. The van der Waals surface area contributed by atoms with Crippen LogP contribution in [0.3, 0.4) is 0 Å². The summed E-state index contributed by atoms with van der Waals surface area (Å²) in [5, 5.41) is 0. The van der Waals surface area contributed by atoms with Crippen LogP contribution in [0.1, 0.15) is 32.1 Å². The van der Waals surface area contributed by atoms with Gasteiger partial charge in [-0.3, -0.25) is 9.69 Å². The first-order valence-electron chi connectivity index (χ1n) is 8.50. The van der Waals surface area contributed by atoms with Gasteiger partial charge < -0.3 is 14.4 Å². The van der Waals surface area contributed by atoms with Crippen LogP contribution in [-0.4, -0.2) is 74.4 Å². The molecule has 3 saturated heterocycles. The lowest BCUT2D eigenvalue weighted by Crippen LogP contribution is -2.50. The molecule has 0 spiro atoms. The van der Waals surface area contributed by atoms with Crippen molar-refractivity contribution < 1.29 is 14.3 Å². The molecule has 0 saturated carbocycles. The van der Waals surface area contributed by atoms with E-state index < -0.39 is 0 Å². The van der Waals surface area contributed by atoms with E-state index in [1.54, 1.807) is 0 Å². The molecular formula is C16H28N2O3. The summed E-state index contributed by atoms with van der Waals surface area (Å²) in [6.45, 7) is 7.33. The standard InChI is InChI=1S/C16H28N2O3/c19-16(12-14-2-1-9-21-13-14)18-5-3-15(4-6-18)17-7-10-20-11-8-17/h14-15H,1-13H2/t14-/m1/s1. The van der Waals surface area contributed by atoms with Gasteiger partial charge in [-0.05, 0) is 31.6 Å². The van der Waals surface area contributed by atoms with Crippen molar-refractivity contribution in [3.05, 3.63) is 0 Å². The summed E-state index contributed by atoms with van der Waals surface area (Å²) in [6, 6.07) is 0.649. The Bertz CT molecular complexity index is 330. The fourth-order valence-corrected chi connectivity index (χ4v) is 3.77. The molecule has 0 aromatic rings. The number of ether oxygens (including phenoxy) is 2. The predicted molar refractivity (Wildman–Crippen MR) is 80.2 cm³/mol. The Morgan fingerprint density at radius 3 is 2.38 bits per heavy atom. The van der Waals surface area contributed by atoms with Crippen LogP contribution in [0.4, 0.5) is 0 Å². The van der Waals surface area contributed by atoms with E-state index in [0.717, 1.165) is 78.3 Å². The molecule has 0 aliphatic carbocycles. The van der Waals surface area contributed by atoms with Gasteiger partial charge in [-0.15, -0.1) is 0 Å². The zero-order chi connectivity index (χ0) is 14.5. The highest BCUT2D eigenvalue weighted by Gasteiger charge is 2.29. The fraction of sp³-hybridized carbons (Fsp3) is 0.938. The highest BCUT2D eigenvalue weighted by molar-refractivity contribution is 5.76. The summed E-state index contributed by atoms with van der Waals surface area (Å²) in [5.41, 5.74) is 0. The largest absolute Gasteiger partial charge is 0.381 e. The van der Waals surface area contributed by atoms with E-state index in [0.29, 0.717) is 24.3 Å². The molecule has 5 heteroatoms. The van der Waals surface area contributed by atoms with Gasteiger partial charge in [0.1, 0.15) is 0 Å². The minimum Gasteiger partial charge on any atom is -0.381 e. The summed E-state index contributed by atoms with van der Waals surface area (Å²) in [5.74, 6) is 0.786. The van der Waals surface area contributed by atoms with Gasteiger partial charge in [0.2, 0.25) is 5.91 Å². The first-order valence-corrected chi connectivity index (χ1v) is 8.50. The molecule has 3 rings (SSSR count). The number of rotatable bonds is 3. The van der Waals surface area contributed by atoms with Crippen molar-refractivity contribution in [1.82, 2.24) is 9.80 Å². The average molecular weight is 296 g/mol. The van der Waals surface area contributed by atoms with E-state index >= 15 is 0 Å². The van der Waals surface area contributed by atoms with E-state index in [1.807, 2.05) is 0 Å². The topological polar surface area (TPSA) is 42.0 Å². The van der Waals surface area contributed by atoms with Gasteiger partial charge in [0.25, 0.3) is 0 Å². The van der Waals surface area contributed by atoms with Gasteiger partial charge in [0.05, 0.1) is 13.2 Å². The fourth-order valence-electron chi connectivity index (χ4n) is 3.77. The molecule has 120 valence electrons. The molecule has 0 unspecified atom stereocenters. The maximum atomic E-state index is 12.4. The summed E-state index contributed by atoms with van der Waals surface area (Å²) < 4.78 is 10.9. The maximum Gasteiger partial charge on any atom is 0.222 e. The van der Waals surface area contributed by atoms with Crippen LogP contribution in [0.25, 0.3) is 0 Å². The van der Waals surface area contributed by atoms with E-state index in [9.17, 15) is 4.79 Å². The predicted octanol–water partition coefficient (Wildman–Crippen LogP) is 1.13. The summed E-state index contributed by atoms with van der Waals surface area (Å²) in [4.78, 5) is 17.0. The van der Waals surface area contributed by atoms with E-state index in [4.69, 9.17) is 9.47 Å². The molecule has 0 aromatic carbocycles. The number of carbonyl (C=O) groups is 1. The third kappa shape index (κ3) is 4.18. The van der Waals surface area contributed by atoms with Crippen LogP contribution >= 0.6 is 0 Å². The van der Waals surface area contributed by atoms with Crippen molar-refractivity contribution in [2.24, 2.45) is 5.92 Å². The molecular weight excluding hydrogens is 268 g/mol. The minimum absolute atomic E-state index is 0.339. The van der Waals surface area contributed by atoms with Gasteiger partial charge in [-0.25, -0.2) is 0 Å².